The summed E-state index contributed by atoms with van der Waals surface area (Å²) in [6, 6.07) is 17.8. The Morgan fingerprint density at radius 2 is 1.74 bits per heavy atom. The Hall–Kier alpha value is -2.92. The summed E-state index contributed by atoms with van der Waals surface area (Å²) >= 11 is 0. The standard InChI is InChI=1S/C26H31NO4/c28-24(23-13-8-7-12-22(23)20-10-4-3-5-11-20)17-15-21-16-18-25(29)27(21)19-9-2-1-6-14-26(30)31/h3-5,7-8,10-13,15,17,21,24,28H,1-2,6,9,14,16,18-19H2,(H,30,31)/b17-15+/t21-,24?/m0/s1. The molecule has 1 saturated heterocycles. The van der Waals surface area contributed by atoms with Gasteiger partial charge < -0.3 is 15.1 Å². The fourth-order valence-corrected chi connectivity index (χ4v) is 4.13. The molecule has 0 saturated carbocycles. The van der Waals surface area contributed by atoms with Gasteiger partial charge in [0.05, 0.1) is 12.1 Å². The number of rotatable bonds is 11. The third-order valence-corrected chi connectivity index (χ3v) is 5.79. The van der Waals surface area contributed by atoms with E-state index in [2.05, 4.69) is 0 Å². The number of benzene rings is 2. The van der Waals surface area contributed by atoms with Crippen LogP contribution in [0, 0.1) is 0 Å². The zero-order chi connectivity index (χ0) is 22.1. The molecular weight excluding hydrogens is 390 g/mol. The molecule has 1 amide bonds. The van der Waals surface area contributed by atoms with Crippen LogP contribution in [0.1, 0.15) is 56.6 Å². The monoisotopic (exact) mass is 421 g/mol. The number of aliphatic hydroxyl groups excluding tert-OH is 1. The number of carbonyl (C=O) groups excluding carboxylic acids is 1. The Kier molecular flexibility index (Phi) is 8.42. The highest BCUT2D eigenvalue weighted by Gasteiger charge is 2.28. The number of hydrogen-bond donors (Lipinski definition) is 2. The lowest BCUT2D eigenvalue weighted by molar-refractivity contribution is -0.137. The van der Waals surface area contributed by atoms with Crippen LogP contribution in [0.15, 0.2) is 66.7 Å². The highest BCUT2D eigenvalue weighted by Crippen LogP contribution is 2.29. The SMILES string of the molecule is O=C(O)CCCCCCN1C(=O)CC[C@@H]1/C=C/C(O)c1ccccc1-c1ccccc1. The Morgan fingerprint density at radius 1 is 1.03 bits per heavy atom. The molecule has 1 aliphatic heterocycles. The molecule has 1 unspecified atom stereocenters. The van der Waals surface area contributed by atoms with Gasteiger partial charge in [0, 0.05) is 19.4 Å². The topological polar surface area (TPSA) is 77.8 Å². The van der Waals surface area contributed by atoms with Gasteiger partial charge in [-0.3, -0.25) is 9.59 Å². The second-order valence-corrected chi connectivity index (χ2v) is 8.03. The highest BCUT2D eigenvalue weighted by molar-refractivity contribution is 5.79. The van der Waals surface area contributed by atoms with Crippen molar-refractivity contribution in [1.82, 2.24) is 4.90 Å². The van der Waals surface area contributed by atoms with Crippen LogP contribution in [-0.4, -0.2) is 39.6 Å². The number of amides is 1. The predicted molar refractivity (Wildman–Crippen MR) is 121 cm³/mol. The third kappa shape index (κ3) is 6.53. The van der Waals surface area contributed by atoms with E-state index in [1.165, 1.54) is 0 Å². The Bertz CT molecular complexity index is 893. The molecule has 0 aromatic heterocycles. The number of hydrogen-bond acceptors (Lipinski definition) is 3. The lowest BCUT2D eigenvalue weighted by atomic mass is 9.95. The molecule has 5 heteroatoms. The molecule has 2 aromatic carbocycles. The molecule has 2 N–H and O–H groups in total. The van der Waals surface area contributed by atoms with Crippen molar-refractivity contribution < 1.29 is 19.8 Å². The molecule has 164 valence electrons. The van der Waals surface area contributed by atoms with E-state index < -0.39 is 12.1 Å². The number of unbranched alkanes of at least 4 members (excludes halogenated alkanes) is 3. The van der Waals surface area contributed by atoms with E-state index in [0.29, 0.717) is 19.4 Å². The molecule has 2 atom stereocenters. The molecule has 1 aliphatic rings. The minimum atomic E-state index is -0.757. The maximum absolute atomic E-state index is 12.3. The van der Waals surface area contributed by atoms with Crippen LogP contribution in [-0.2, 0) is 9.59 Å². The lowest BCUT2D eigenvalue weighted by Gasteiger charge is -2.23. The summed E-state index contributed by atoms with van der Waals surface area (Å²) in [6.07, 6.45) is 7.85. The van der Waals surface area contributed by atoms with Gasteiger partial charge in [0.2, 0.25) is 5.91 Å². The maximum atomic E-state index is 12.3. The number of carboxylic acids is 1. The smallest absolute Gasteiger partial charge is 0.303 e. The average Bonchev–Trinajstić information content (AvgIpc) is 3.14. The molecular formula is C26H31NO4. The summed E-state index contributed by atoms with van der Waals surface area (Å²) in [5, 5.41) is 19.6. The van der Waals surface area contributed by atoms with E-state index >= 15 is 0 Å². The normalized spacial score (nSPS) is 17.4. The van der Waals surface area contributed by atoms with Gasteiger partial charge in [0.1, 0.15) is 0 Å². The van der Waals surface area contributed by atoms with E-state index in [-0.39, 0.29) is 18.4 Å². The van der Waals surface area contributed by atoms with Crippen LogP contribution in [0.4, 0.5) is 0 Å². The van der Waals surface area contributed by atoms with Gasteiger partial charge in [0.25, 0.3) is 0 Å². The molecule has 5 nitrogen and oxygen atoms in total. The molecule has 3 rings (SSSR count). The Labute approximate surface area is 184 Å². The van der Waals surface area contributed by atoms with Gasteiger partial charge >= 0.3 is 5.97 Å². The first kappa shape index (κ1) is 22.8. The summed E-state index contributed by atoms with van der Waals surface area (Å²) in [6.45, 7) is 0.678. The van der Waals surface area contributed by atoms with Crippen molar-refractivity contribution in [3.63, 3.8) is 0 Å². The first-order valence-corrected chi connectivity index (χ1v) is 11.1. The molecule has 2 aromatic rings. The Morgan fingerprint density at radius 3 is 2.52 bits per heavy atom. The summed E-state index contributed by atoms with van der Waals surface area (Å²) in [7, 11) is 0. The van der Waals surface area contributed by atoms with Crippen LogP contribution in [0.5, 0.6) is 0 Å². The zero-order valence-corrected chi connectivity index (χ0v) is 17.8. The summed E-state index contributed by atoms with van der Waals surface area (Å²) in [5.41, 5.74) is 2.91. The number of carboxylic acid groups (broad SMARTS) is 1. The zero-order valence-electron chi connectivity index (χ0n) is 17.8. The fraction of sp³-hybridized carbons (Fsp3) is 0.385. The van der Waals surface area contributed by atoms with Crippen molar-refractivity contribution >= 4 is 11.9 Å². The van der Waals surface area contributed by atoms with Gasteiger partial charge in [-0.15, -0.1) is 0 Å². The van der Waals surface area contributed by atoms with Crippen LogP contribution < -0.4 is 0 Å². The molecule has 0 bridgehead atoms. The second-order valence-electron chi connectivity index (χ2n) is 8.03. The van der Waals surface area contributed by atoms with Crippen molar-refractivity contribution in [1.29, 1.82) is 0 Å². The van der Waals surface area contributed by atoms with Gasteiger partial charge in [0.15, 0.2) is 0 Å². The second kappa shape index (κ2) is 11.5. The quantitative estimate of drug-likeness (QED) is 0.397. The molecule has 31 heavy (non-hydrogen) atoms. The highest BCUT2D eigenvalue weighted by atomic mass is 16.4. The molecule has 0 spiro atoms. The lowest BCUT2D eigenvalue weighted by Crippen LogP contribution is -2.32. The number of likely N-dealkylation sites (tertiary alicyclic amines) is 1. The predicted octanol–water partition coefficient (Wildman–Crippen LogP) is 4.97. The van der Waals surface area contributed by atoms with Crippen molar-refractivity contribution in [3.05, 3.63) is 72.3 Å². The van der Waals surface area contributed by atoms with Gasteiger partial charge in [-0.1, -0.05) is 79.6 Å². The number of aliphatic hydroxyl groups is 1. The van der Waals surface area contributed by atoms with Gasteiger partial charge in [-0.25, -0.2) is 0 Å². The van der Waals surface area contributed by atoms with Crippen LogP contribution in [0.25, 0.3) is 11.1 Å². The first-order chi connectivity index (χ1) is 15.1. The van der Waals surface area contributed by atoms with E-state index in [9.17, 15) is 14.7 Å². The van der Waals surface area contributed by atoms with Gasteiger partial charge in [-0.05, 0) is 36.0 Å². The summed E-state index contributed by atoms with van der Waals surface area (Å²) in [5.74, 6) is -0.605. The molecule has 1 heterocycles. The number of aliphatic carboxylic acids is 1. The molecule has 1 fully saturated rings. The minimum absolute atomic E-state index is 0.00468. The van der Waals surface area contributed by atoms with Crippen LogP contribution >= 0.6 is 0 Å². The largest absolute Gasteiger partial charge is 0.481 e. The first-order valence-electron chi connectivity index (χ1n) is 11.1. The summed E-state index contributed by atoms with van der Waals surface area (Å²) in [4.78, 5) is 24.8. The van der Waals surface area contributed by atoms with Crippen molar-refractivity contribution in [3.8, 4) is 11.1 Å². The van der Waals surface area contributed by atoms with E-state index in [1.807, 2.05) is 65.6 Å². The van der Waals surface area contributed by atoms with E-state index in [1.54, 1.807) is 6.08 Å². The van der Waals surface area contributed by atoms with E-state index in [4.69, 9.17) is 5.11 Å². The number of nitrogens with zero attached hydrogens (tertiary/aromatic N) is 1. The number of carbonyl (C=O) groups is 2. The maximum Gasteiger partial charge on any atom is 0.303 e. The van der Waals surface area contributed by atoms with E-state index in [0.717, 1.165) is 42.4 Å². The van der Waals surface area contributed by atoms with Crippen LogP contribution in [0.2, 0.25) is 0 Å². The fourth-order valence-electron chi connectivity index (χ4n) is 4.13. The molecule has 0 radical (unpaired) electrons. The van der Waals surface area contributed by atoms with Crippen molar-refractivity contribution in [2.75, 3.05) is 6.54 Å². The average molecular weight is 422 g/mol. The van der Waals surface area contributed by atoms with Crippen molar-refractivity contribution in [2.45, 2.75) is 57.1 Å². The van der Waals surface area contributed by atoms with Crippen LogP contribution in [0.3, 0.4) is 0 Å². The minimum Gasteiger partial charge on any atom is -0.481 e. The third-order valence-electron chi connectivity index (χ3n) is 5.79. The Balaban J connectivity index is 1.59. The van der Waals surface area contributed by atoms with Gasteiger partial charge in [-0.2, -0.15) is 0 Å². The van der Waals surface area contributed by atoms with Crippen molar-refractivity contribution in [2.24, 2.45) is 0 Å². The molecule has 0 aliphatic carbocycles. The summed E-state index contributed by atoms with van der Waals surface area (Å²) < 4.78 is 0.